The lowest BCUT2D eigenvalue weighted by Gasteiger charge is -2.30. The molecule has 0 spiro atoms. The number of para-hydroxylation sites is 1. The first kappa shape index (κ1) is 20.1. The molecule has 7 heteroatoms. The van der Waals surface area contributed by atoms with E-state index >= 15 is 0 Å². The van der Waals surface area contributed by atoms with Crippen LogP contribution in [0.2, 0.25) is 0 Å². The zero-order chi connectivity index (χ0) is 21.5. The van der Waals surface area contributed by atoms with Gasteiger partial charge in [0.25, 0.3) is 0 Å². The summed E-state index contributed by atoms with van der Waals surface area (Å²) in [6, 6.07) is 12.0. The molecular formula is C23H19F3N2O2. The number of alkyl halides is 3. The van der Waals surface area contributed by atoms with Gasteiger partial charge in [0.1, 0.15) is 0 Å². The van der Waals surface area contributed by atoms with E-state index in [4.69, 9.17) is 4.98 Å². The highest BCUT2D eigenvalue weighted by Gasteiger charge is 2.30. The van der Waals surface area contributed by atoms with Crippen molar-refractivity contribution in [3.05, 3.63) is 76.5 Å². The van der Waals surface area contributed by atoms with Gasteiger partial charge in [0.15, 0.2) is 0 Å². The van der Waals surface area contributed by atoms with Gasteiger partial charge in [-0.05, 0) is 42.0 Å². The molecule has 0 fully saturated rings. The Labute approximate surface area is 171 Å². The van der Waals surface area contributed by atoms with Gasteiger partial charge in [0.2, 0.25) is 0 Å². The molecule has 1 aliphatic heterocycles. The zero-order valence-electron chi connectivity index (χ0n) is 16.2. The lowest BCUT2D eigenvalue weighted by Crippen LogP contribution is -2.31. The molecule has 0 saturated heterocycles. The summed E-state index contributed by atoms with van der Waals surface area (Å²) in [5, 5.41) is 10.5. The Kier molecular flexibility index (Phi) is 5.07. The quantitative estimate of drug-likeness (QED) is 0.632. The van der Waals surface area contributed by atoms with Gasteiger partial charge < -0.3 is 5.11 Å². The highest BCUT2D eigenvalue weighted by molar-refractivity contribution is 6.06. The van der Waals surface area contributed by atoms with Crippen LogP contribution in [0.5, 0.6) is 0 Å². The van der Waals surface area contributed by atoms with Crippen molar-refractivity contribution in [3.63, 3.8) is 0 Å². The number of carbonyl (C=O) groups is 1. The SMILES string of the molecule is CCN1C/C(=C/c2ccc(C(F)(F)F)cc2)c2nc3ccccc3c(C(=O)O)c2C1. The van der Waals surface area contributed by atoms with Crippen molar-refractivity contribution in [2.75, 3.05) is 13.1 Å². The molecular weight excluding hydrogens is 393 g/mol. The molecule has 0 atom stereocenters. The highest BCUT2D eigenvalue weighted by Crippen LogP contribution is 2.34. The van der Waals surface area contributed by atoms with Gasteiger partial charge in [-0.3, -0.25) is 4.90 Å². The van der Waals surface area contributed by atoms with E-state index in [-0.39, 0.29) is 5.56 Å². The van der Waals surface area contributed by atoms with Gasteiger partial charge >= 0.3 is 12.1 Å². The molecule has 3 aromatic rings. The van der Waals surface area contributed by atoms with Crippen molar-refractivity contribution in [1.29, 1.82) is 0 Å². The second-order valence-corrected chi connectivity index (χ2v) is 7.23. The molecule has 0 unspecified atom stereocenters. The summed E-state index contributed by atoms with van der Waals surface area (Å²) in [6.45, 7) is 3.68. The number of rotatable bonds is 3. The summed E-state index contributed by atoms with van der Waals surface area (Å²) in [4.78, 5) is 18.9. The molecule has 0 saturated carbocycles. The first-order valence-electron chi connectivity index (χ1n) is 9.53. The van der Waals surface area contributed by atoms with E-state index < -0.39 is 17.7 Å². The monoisotopic (exact) mass is 412 g/mol. The fraction of sp³-hybridized carbons (Fsp3) is 0.217. The molecule has 1 aromatic heterocycles. The van der Waals surface area contributed by atoms with Crippen molar-refractivity contribution in [3.8, 4) is 0 Å². The van der Waals surface area contributed by atoms with Crippen LogP contribution < -0.4 is 0 Å². The number of carboxylic acid groups (broad SMARTS) is 1. The van der Waals surface area contributed by atoms with Gasteiger partial charge in [0, 0.05) is 24.0 Å². The summed E-state index contributed by atoms with van der Waals surface area (Å²) in [7, 11) is 0. The third-order valence-corrected chi connectivity index (χ3v) is 5.31. The standard InChI is InChI=1S/C23H19F3N2O2/c1-2-28-12-15(11-14-7-9-16(10-8-14)23(24,25)26)21-18(13-28)20(22(29)30)17-5-3-4-6-19(17)27-21/h3-11H,2,12-13H2,1H3,(H,29,30)/b15-11-. The predicted octanol–water partition coefficient (Wildman–Crippen LogP) is 5.33. The minimum absolute atomic E-state index is 0.229. The zero-order valence-corrected chi connectivity index (χ0v) is 16.2. The number of aromatic carboxylic acids is 1. The second-order valence-electron chi connectivity index (χ2n) is 7.23. The number of carboxylic acids is 1. The molecule has 0 radical (unpaired) electrons. The van der Waals surface area contributed by atoms with Crippen LogP contribution >= 0.6 is 0 Å². The molecule has 1 aliphatic rings. The Morgan fingerprint density at radius 3 is 2.47 bits per heavy atom. The minimum atomic E-state index is -4.39. The summed E-state index contributed by atoms with van der Waals surface area (Å²) < 4.78 is 38.6. The molecule has 0 amide bonds. The summed E-state index contributed by atoms with van der Waals surface area (Å²) >= 11 is 0. The predicted molar refractivity (Wildman–Crippen MR) is 109 cm³/mol. The number of benzene rings is 2. The number of nitrogens with zero attached hydrogens (tertiary/aromatic N) is 2. The number of likely N-dealkylation sites (N-methyl/N-ethyl adjacent to an activating group) is 1. The maximum Gasteiger partial charge on any atom is 0.416 e. The van der Waals surface area contributed by atoms with Crippen molar-refractivity contribution in [2.45, 2.75) is 19.6 Å². The first-order valence-corrected chi connectivity index (χ1v) is 9.53. The van der Waals surface area contributed by atoms with Gasteiger partial charge in [0.05, 0.1) is 22.3 Å². The normalized spacial score (nSPS) is 16.1. The highest BCUT2D eigenvalue weighted by atomic mass is 19.4. The minimum Gasteiger partial charge on any atom is -0.478 e. The van der Waals surface area contributed by atoms with Gasteiger partial charge in [-0.15, -0.1) is 0 Å². The van der Waals surface area contributed by atoms with Crippen molar-refractivity contribution < 1.29 is 23.1 Å². The molecule has 0 bridgehead atoms. The van der Waals surface area contributed by atoms with Crippen LogP contribution in [0.4, 0.5) is 13.2 Å². The number of hydrogen-bond acceptors (Lipinski definition) is 3. The summed E-state index contributed by atoms with van der Waals surface area (Å²) in [5.74, 6) is -1.02. The maximum atomic E-state index is 12.9. The van der Waals surface area contributed by atoms with Crippen LogP contribution in [0.3, 0.4) is 0 Å². The fourth-order valence-electron chi connectivity index (χ4n) is 3.82. The van der Waals surface area contributed by atoms with Gasteiger partial charge in [-0.25, -0.2) is 9.78 Å². The molecule has 0 aliphatic carbocycles. The average Bonchev–Trinajstić information content (AvgIpc) is 2.71. The Morgan fingerprint density at radius 1 is 1.13 bits per heavy atom. The van der Waals surface area contributed by atoms with Crippen LogP contribution in [-0.4, -0.2) is 34.0 Å². The van der Waals surface area contributed by atoms with E-state index in [1.807, 2.05) is 6.92 Å². The maximum absolute atomic E-state index is 12.9. The topological polar surface area (TPSA) is 53.4 Å². The van der Waals surface area contributed by atoms with Crippen LogP contribution in [-0.2, 0) is 12.7 Å². The Morgan fingerprint density at radius 2 is 1.83 bits per heavy atom. The Bertz CT molecular complexity index is 1150. The van der Waals surface area contributed by atoms with Crippen LogP contribution in [0.25, 0.3) is 22.6 Å². The Hall–Kier alpha value is -3.19. The third kappa shape index (κ3) is 3.68. The van der Waals surface area contributed by atoms with Crippen LogP contribution in [0.1, 0.15) is 39.7 Å². The van der Waals surface area contributed by atoms with E-state index in [0.29, 0.717) is 47.4 Å². The molecule has 2 heterocycles. The molecule has 154 valence electrons. The number of aromatic nitrogens is 1. The molecule has 4 rings (SSSR count). The number of pyridine rings is 1. The van der Waals surface area contributed by atoms with E-state index in [9.17, 15) is 23.1 Å². The van der Waals surface area contributed by atoms with Crippen LogP contribution in [0, 0.1) is 0 Å². The summed E-state index contributed by atoms with van der Waals surface area (Å²) in [6.07, 6.45) is -2.60. The Balaban J connectivity index is 1.89. The largest absolute Gasteiger partial charge is 0.478 e. The molecule has 4 nitrogen and oxygen atoms in total. The summed E-state index contributed by atoms with van der Waals surface area (Å²) in [5.41, 5.74) is 2.72. The van der Waals surface area contributed by atoms with Gasteiger partial charge in [-0.2, -0.15) is 13.2 Å². The van der Waals surface area contributed by atoms with E-state index in [1.165, 1.54) is 12.1 Å². The van der Waals surface area contributed by atoms with Crippen LogP contribution in [0.15, 0.2) is 48.5 Å². The van der Waals surface area contributed by atoms with Crippen molar-refractivity contribution >= 4 is 28.5 Å². The molecule has 1 N–H and O–H groups in total. The molecule has 2 aromatic carbocycles. The number of halogens is 3. The lowest BCUT2D eigenvalue weighted by molar-refractivity contribution is -0.137. The lowest BCUT2D eigenvalue weighted by atomic mass is 9.92. The second kappa shape index (κ2) is 7.57. The number of fused-ring (bicyclic) bond motifs is 2. The molecule has 30 heavy (non-hydrogen) atoms. The third-order valence-electron chi connectivity index (χ3n) is 5.31. The average molecular weight is 412 g/mol. The van der Waals surface area contributed by atoms with E-state index in [0.717, 1.165) is 17.7 Å². The first-order chi connectivity index (χ1) is 14.3. The number of hydrogen-bond donors (Lipinski definition) is 1. The van der Waals surface area contributed by atoms with Crippen molar-refractivity contribution in [2.24, 2.45) is 0 Å². The fourth-order valence-corrected chi connectivity index (χ4v) is 3.82. The van der Waals surface area contributed by atoms with E-state index in [1.54, 1.807) is 30.3 Å². The smallest absolute Gasteiger partial charge is 0.416 e. The van der Waals surface area contributed by atoms with Crippen molar-refractivity contribution in [1.82, 2.24) is 9.88 Å². The van der Waals surface area contributed by atoms with Gasteiger partial charge in [-0.1, -0.05) is 37.3 Å². The van der Waals surface area contributed by atoms with E-state index in [2.05, 4.69) is 4.90 Å².